The highest BCUT2D eigenvalue weighted by Crippen LogP contribution is 2.23. The highest BCUT2D eigenvalue weighted by atomic mass is 35.5. The van der Waals surface area contributed by atoms with Crippen LogP contribution < -0.4 is 0 Å². The summed E-state index contributed by atoms with van der Waals surface area (Å²) in [5, 5.41) is 8.32. The maximum Gasteiger partial charge on any atom is 0.322 e. The van der Waals surface area contributed by atoms with Gasteiger partial charge < -0.3 is 5.11 Å². The molecule has 0 saturated heterocycles. The summed E-state index contributed by atoms with van der Waals surface area (Å²) in [6.45, 7) is 0. The summed E-state index contributed by atoms with van der Waals surface area (Å²) in [7, 11) is 0. The van der Waals surface area contributed by atoms with Crippen molar-refractivity contribution >= 4 is 40.9 Å². The number of hydrogen-bond donors (Lipinski definition) is 1. The van der Waals surface area contributed by atoms with E-state index < -0.39 is 11.3 Å². The number of benzene rings is 1. The van der Waals surface area contributed by atoms with Gasteiger partial charge in [0, 0.05) is 15.7 Å². The minimum absolute atomic E-state index is 0.331. The third-order valence-corrected chi connectivity index (χ3v) is 3.31. The molecule has 1 aromatic carbocycles. The minimum Gasteiger partial charge on any atom is -0.480 e. The zero-order valence-electron chi connectivity index (χ0n) is 7.11. The molecule has 0 spiro atoms. The minimum atomic E-state index is -0.999. The Hall–Kier alpha value is -0.380. The van der Waals surface area contributed by atoms with Gasteiger partial charge in [0.2, 0.25) is 0 Å². The fraction of sp³-hybridized carbons (Fsp3) is 0.222. The Balaban J connectivity index is 2.49. The number of thioether (sulfide) groups is 1. The van der Waals surface area contributed by atoms with E-state index in [1.807, 2.05) is 12.1 Å². The fourth-order valence-corrected chi connectivity index (χ4v) is 2.11. The number of carboxylic acids is 1. The molecule has 1 atom stereocenters. The van der Waals surface area contributed by atoms with Crippen LogP contribution in [0.5, 0.6) is 0 Å². The van der Waals surface area contributed by atoms with Gasteiger partial charge in [-0.15, -0.1) is 23.4 Å². The fourth-order valence-electron chi connectivity index (χ4n) is 0.797. The first kappa shape index (κ1) is 11.7. The maximum absolute atomic E-state index is 10.4. The molecule has 0 aromatic heterocycles. The summed E-state index contributed by atoms with van der Waals surface area (Å²) in [6.07, 6.45) is 0. The third-order valence-electron chi connectivity index (χ3n) is 1.46. The van der Waals surface area contributed by atoms with E-state index in [0.717, 1.165) is 4.90 Å². The lowest BCUT2D eigenvalue weighted by Crippen LogP contribution is -2.15. The van der Waals surface area contributed by atoms with Crippen molar-refractivity contribution in [1.29, 1.82) is 0 Å². The Kier molecular flexibility index (Phi) is 4.58. The molecule has 0 fully saturated rings. The predicted octanol–water partition coefficient (Wildman–Crippen LogP) is 3.12. The topological polar surface area (TPSA) is 37.3 Å². The molecule has 76 valence electrons. The van der Waals surface area contributed by atoms with Gasteiger partial charge in [0.1, 0.15) is 5.38 Å². The smallest absolute Gasteiger partial charge is 0.322 e. The van der Waals surface area contributed by atoms with Crippen LogP contribution in [0.4, 0.5) is 0 Å². The normalized spacial score (nSPS) is 12.4. The first-order valence-electron chi connectivity index (χ1n) is 3.85. The van der Waals surface area contributed by atoms with Crippen LogP contribution in [-0.2, 0) is 4.79 Å². The van der Waals surface area contributed by atoms with Crippen LogP contribution in [0.2, 0.25) is 5.02 Å². The van der Waals surface area contributed by atoms with Gasteiger partial charge in [-0.2, -0.15) is 0 Å². The van der Waals surface area contributed by atoms with Crippen molar-refractivity contribution in [1.82, 2.24) is 0 Å². The van der Waals surface area contributed by atoms with Gasteiger partial charge >= 0.3 is 5.97 Å². The number of halogens is 2. The molecule has 0 aliphatic carbocycles. The van der Waals surface area contributed by atoms with E-state index in [0.29, 0.717) is 10.8 Å². The molecule has 0 aliphatic rings. The van der Waals surface area contributed by atoms with Gasteiger partial charge in [0.15, 0.2) is 0 Å². The van der Waals surface area contributed by atoms with Crippen LogP contribution >= 0.6 is 35.0 Å². The van der Waals surface area contributed by atoms with Crippen LogP contribution in [0.1, 0.15) is 0 Å². The van der Waals surface area contributed by atoms with Gasteiger partial charge in [-0.3, -0.25) is 4.79 Å². The van der Waals surface area contributed by atoms with Gasteiger partial charge in [0.05, 0.1) is 0 Å². The van der Waals surface area contributed by atoms with E-state index in [2.05, 4.69) is 0 Å². The number of carboxylic acid groups (broad SMARTS) is 1. The molecule has 0 bridgehead atoms. The summed E-state index contributed by atoms with van der Waals surface area (Å²) < 4.78 is 0. The first-order chi connectivity index (χ1) is 6.59. The SMILES string of the molecule is O=C(O)C(Cl)CSc1cccc(Cl)c1. The summed E-state index contributed by atoms with van der Waals surface area (Å²) in [4.78, 5) is 11.3. The third kappa shape index (κ3) is 3.78. The molecule has 0 saturated carbocycles. The number of rotatable bonds is 4. The molecule has 2 nitrogen and oxygen atoms in total. The van der Waals surface area contributed by atoms with E-state index in [9.17, 15) is 4.79 Å². The molecular weight excluding hydrogens is 243 g/mol. The molecule has 0 amide bonds. The molecule has 14 heavy (non-hydrogen) atoms. The molecule has 1 rings (SSSR count). The zero-order chi connectivity index (χ0) is 10.6. The summed E-state index contributed by atoms with van der Waals surface area (Å²) in [6, 6.07) is 7.22. The summed E-state index contributed by atoms with van der Waals surface area (Å²) >= 11 is 12.7. The quantitative estimate of drug-likeness (QED) is 0.659. The van der Waals surface area contributed by atoms with Gasteiger partial charge in [-0.1, -0.05) is 17.7 Å². The molecule has 1 aromatic rings. The van der Waals surface area contributed by atoms with Crippen molar-refractivity contribution in [2.24, 2.45) is 0 Å². The average Bonchev–Trinajstić information content (AvgIpc) is 2.14. The van der Waals surface area contributed by atoms with E-state index in [1.165, 1.54) is 11.8 Å². The molecule has 0 heterocycles. The van der Waals surface area contributed by atoms with Gasteiger partial charge in [-0.05, 0) is 18.2 Å². The first-order valence-corrected chi connectivity index (χ1v) is 5.65. The lowest BCUT2D eigenvalue weighted by molar-refractivity contribution is -0.136. The second-order valence-electron chi connectivity index (χ2n) is 2.57. The van der Waals surface area contributed by atoms with Crippen molar-refractivity contribution in [3.8, 4) is 0 Å². The monoisotopic (exact) mass is 250 g/mol. The Morgan fingerprint density at radius 2 is 2.29 bits per heavy atom. The number of carbonyl (C=O) groups is 1. The van der Waals surface area contributed by atoms with Crippen molar-refractivity contribution in [2.75, 3.05) is 5.75 Å². The summed E-state index contributed by atoms with van der Waals surface area (Å²) in [5.41, 5.74) is 0. The molecule has 1 N–H and O–H groups in total. The molecule has 0 aliphatic heterocycles. The van der Waals surface area contributed by atoms with Crippen LogP contribution in [0.3, 0.4) is 0 Å². The lowest BCUT2D eigenvalue weighted by Gasteiger charge is -2.03. The van der Waals surface area contributed by atoms with Crippen molar-refractivity contribution in [2.45, 2.75) is 10.3 Å². The van der Waals surface area contributed by atoms with E-state index in [4.69, 9.17) is 28.3 Å². The Bertz CT molecular complexity index is 330. The molecule has 5 heteroatoms. The largest absolute Gasteiger partial charge is 0.480 e. The molecule has 0 radical (unpaired) electrons. The van der Waals surface area contributed by atoms with Crippen molar-refractivity contribution < 1.29 is 9.90 Å². The predicted molar refractivity (Wildman–Crippen MR) is 59.5 cm³/mol. The zero-order valence-corrected chi connectivity index (χ0v) is 9.44. The average molecular weight is 251 g/mol. The molecular formula is C9H8Cl2O2S. The standard InChI is InChI=1S/C9H8Cl2O2S/c10-6-2-1-3-7(4-6)14-5-8(11)9(12)13/h1-4,8H,5H2,(H,12,13). The maximum atomic E-state index is 10.4. The van der Waals surface area contributed by atoms with E-state index in [-0.39, 0.29) is 0 Å². The molecule has 1 unspecified atom stereocenters. The summed E-state index contributed by atoms with van der Waals surface area (Å²) in [5.74, 6) is -0.668. The van der Waals surface area contributed by atoms with Crippen LogP contribution in [0, 0.1) is 0 Å². The van der Waals surface area contributed by atoms with Crippen molar-refractivity contribution in [3.05, 3.63) is 29.3 Å². The highest BCUT2D eigenvalue weighted by molar-refractivity contribution is 7.99. The second-order valence-corrected chi connectivity index (χ2v) is 4.63. The lowest BCUT2D eigenvalue weighted by atomic mass is 10.4. The second kappa shape index (κ2) is 5.49. The number of aliphatic carboxylic acids is 1. The Morgan fingerprint density at radius 1 is 1.57 bits per heavy atom. The van der Waals surface area contributed by atoms with Crippen LogP contribution in [0.15, 0.2) is 29.2 Å². The van der Waals surface area contributed by atoms with E-state index >= 15 is 0 Å². The highest BCUT2D eigenvalue weighted by Gasteiger charge is 2.13. The van der Waals surface area contributed by atoms with E-state index in [1.54, 1.807) is 12.1 Å². The number of alkyl halides is 1. The van der Waals surface area contributed by atoms with Crippen molar-refractivity contribution in [3.63, 3.8) is 0 Å². The van der Waals surface area contributed by atoms with Crippen LogP contribution in [0.25, 0.3) is 0 Å². The van der Waals surface area contributed by atoms with Crippen LogP contribution in [-0.4, -0.2) is 22.2 Å². The Labute approximate surface area is 96.2 Å². The van der Waals surface area contributed by atoms with Gasteiger partial charge in [-0.25, -0.2) is 0 Å². The Morgan fingerprint density at radius 3 is 2.86 bits per heavy atom. The number of hydrogen-bond acceptors (Lipinski definition) is 2. The van der Waals surface area contributed by atoms with Gasteiger partial charge in [0.25, 0.3) is 0 Å².